The van der Waals surface area contributed by atoms with Crippen molar-refractivity contribution in [1.82, 2.24) is 25.0 Å². The zero-order valence-corrected chi connectivity index (χ0v) is 19.9. The summed E-state index contributed by atoms with van der Waals surface area (Å²) < 4.78 is 7.39. The number of pyridine rings is 1. The SMILES string of the molecule is CCn1ncc2c(NC3CCOCC3)c(C(=O)NC3CCN(Cc4ccccc4)CC3)cnc21. The Morgan fingerprint density at radius 3 is 2.56 bits per heavy atom. The van der Waals surface area contributed by atoms with Crippen LogP contribution in [0, 0.1) is 0 Å². The van der Waals surface area contributed by atoms with Crippen molar-refractivity contribution in [3.05, 3.63) is 53.9 Å². The molecule has 180 valence electrons. The molecular weight excluding hydrogens is 428 g/mol. The zero-order valence-electron chi connectivity index (χ0n) is 19.9. The maximum atomic E-state index is 13.4. The van der Waals surface area contributed by atoms with Gasteiger partial charge in [-0.3, -0.25) is 9.69 Å². The lowest BCUT2D eigenvalue weighted by Gasteiger charge is -2.32. The van der Waals surface area contributed by atoms with Crippen molar-refractivity contribution >= 4 is 22.6 Å². The number of anilines is 1. The monoisotopic (exact) mass is 462 g/mol. The average molecular weight is 463 g/mol. The summed E-state index contributed by atoms with van der Waals surface area (Å²) in [6, 6.07) is 11.0. The van der Waals surface area contributed by atoms with Crippen LogP contribution < -0.4 is 10.6 Å². The van der Waals surface area contributed by atoms with Gasteiger partial charge in [-0.2, -0.15) is 5.10 Å². The number of ether oxygens (including phenoxy) is 1. The molecule has 34 heavy (non-hydrogen) atoms. The van der Waals surface area contributed by atoms with E-state index >= 15 is 0 Å². The summed E-state index contributed by atoms with van der Waals surface area (Å²) in [6.45, 7) is 7.18. The largest absolute Gasteiger partial charge is 0.381 e. The molecule has 2 saturated heterocycles. The molecule has 2 aliphatic heterocycles. The van der Waals surface area contributed by atoms with E-state index in [1.165, 1.54) is 5.56 Å². The number of carbonyl (C=O) groups excluding carboxylic acids is 1. The molecule has 2 N–H and O–H groups in total. The Bertz CT molecular complexity index is 1100. The second kappa shape index (κ2) is 10.5. The number of piperidine rings is 1. The summed E-state index contributed by atoms with van der Waals surface area (Å²) in [6.07, 6.45) is 7.28. The maximum Gasteiger partial charge on any atom is 0.255 e. The molecule has 0 aliphatic carbocycles. The lowest BCUT2D eigenvalue weighted by Crippen LogP contribution is -2.44. The first kappa shape index (κ1) is 22.8. The van der Waals surface area contributed by atoms with Gasteiger partial charge in [-0.25, -0.2) is 9.67 Å². The van der Waals surface area contributed by atoms with Gasteiger partial charge < -0.3 is 15.4 Å². The molecule has 0 unspecified atom stereocenters. The van der Waals surface area contributed by atoms with Crippen molar-refractivity contribution in [2.45, 2.75) is 57.8 Å². The smallest absolute Gasteiger partial charge is 0.255 e. The second-order valence-electron chi connectivity index (χ2n) is 9.28. The van der Waals surface area contributed by atoms with Crippen LogP contribution in [-0.4, -0.2) is 64.0 Å². The van der Waals surface area contributed by atoms with Crippen LogP contribution in [0.25, 0.3) is 11.0 Å². The van der Waals surface area contributed by atoms with Crippen molar-refractivity contribution in [3.8, 4) is 0 Å². The molecule has 8 nitrogen and oxygen atoms in total. The number of rotatable bonds is 7. The van der Waals surface area contributed by atoms with E-state index in [9.17, 15) is 4.79 Å². The van der Waals surface area contributed by atoms with Crippen LogP contribution in [0.4, 0.5) is 5.69 Å². The highest BCUT2D eigenvalue weighted by molar-refractivity contribution is 6.06. The molecular formula is C26H34N6O2. The minimum absolute atomic E-state index is 0.0604. The summed E-state index contributed by atoms with van der Waals surface area (Å²) in [7, 11) is 0. The highest BCUT2D eigenvalue weighted by Gasteiger charge is 2.25. The molecule has 2 aromatic heterocycles. The van der Waals surface area contributed by atoms with E-state index in [2.05, 4.69) is 55.9 Å². The Labute approximate surface area is 200 Å². The third-order valence-electron chi connectivity index (χ3n) is 6.95. The third-order valence-corrected chi connectivity index (χ3v) is 6.95. The van der Waals surface area contributed by atoms with Crippen LogP contribution in [0.15, 0.2) is 42.7 Å². The summed E-state index contributed by atoms with van der Waals surface area (Å²) in [5.41, 5.74) is 3.58. The van der Waals surface area contributed by atoms with E-state index in [0.29, 0.717) is 5.56 Å². The van der Waals surface area contributed by atoms with Crippen molar-refractivity contribution < 1.29 is 9.53 Å². The van der Waals surface area contributed by atoms with Crippen LogP contribution in [0.1, 0.15) is 48.5 Å². The third kappa shape index (κ3) is 5.08. The zero-order chi connectivity index (χ0) is 23.3. The van der Waals surface area contributed by atoms with E-state index < -0.39 is 0 Å². The van der Waals surface area contributed by atoms with Gasteiger partial charge in [-0.15, -0.1) is 0 Å². The van der Waals surface area contributed by atoms with Gasteiger partial charge in [0, 0.05) is 57.7 Å². The topological polar surface area (TPSA) is 84.3 Å². The number of aromatic nitrogens is 3. The Morgan fingerprint density at radius 1 is 1.06 bits per heavy atom. The number of hydrogen-bond donors (Lipinski definition) is 2. The standard InChI is InChI=1S/C26H34N6O2/c1-2-32-25-22(17-28-32)24(29-21-10-14-34-15-11-21)23(16-27-25)26(33)30-20-8-12-31(13-9-20)18-19-6-4-3-5-7-19/h3-7,16-17,20-21H,2,8-15,18H2,1H3,(H,27,29)(H,30,33). The number of benzene rings is 1. The maximum absolute atomic E-state index is 13.4. The van der Waals surface area contributed by atoms with Gasteiger partial charge in [-0.05, 0) is 38.2 Å². The van der Waals surface area contributed by atoms with E-state index in [-0.39, 0.29) is 18.0 Å². The summed E-state index contributed by atoms with van der Waals surface area (Å²) >= 11 is 0. The molecule has 0 atom stereocenters. The van der Waals surface area contributed by atoms with Crippen LogP contribution in [0.2, 0.25) is 0 Å². The first-order valence-electron chi connectivity index (χ1n) is 12.5. The van der Waals surface area contributed by atoms with E-state index in [1.54, 1.807) is 6.20 Å². The molecule has 3 aromatic rings. The van der Waals surface area contributed by atoms with Crippen LogP contribution in [0.3, 0.4) is 0 Å². The number of nitrogens with one attached hydrogen (secondary N) is 2. The van der Waals surface area contributed by atoms with Gasteiger partial charge in [0.2, 0.25) is 0 Å². The van der Waals surface area contributed by atoms with Gasteiger partial charge in [0.15, 0.2) is 5.65 Å². The van der Waals surface area contributed by atoms with E-state index in [1.807, 2.05) is 17.8 Å². The minimum Gasteiger partial charge on any atom is -0.381 e. The quantitative estimate of drug-likeness (QED) is 0.560. The molecule has 0 saturated carbocycles. The average Bonchev–Trinajstić information content (AvgIpc) is 3.30. The predicted octanol–water partition coefficient (Wildman–Crippen LogP) is 3.44. The number of amides is 1. The molecule has 0 bridgehead atoms. The van der Waals surface area contributed by atoms with Crippen molar-refractivity contribution in [2.75, 3.05) is 31.6 Å². The van der Waals surface area contributed by atoms with Crippen molar-refractivity contribution in [3.63, 3.8) is 0 Å². The Kier molecular flexibility index (Phi) is 7.06. The Balaban J connectivity index is 1.28. The van der Waals surface area contributed by atoms with Gasteiger partial charge in [0.05, 0.1) is 22.8 Å². The van der Waals surface area contributed by atoms with E-state index in [4.69, 9.17) is 4.74 Å². The fraction of sp³-hybridized carbons (Fsp3) is 0.500. The van der Waals surface area contributed by atoms with Gasteiger partial charge in [0.25, 0.3) is 5.91 Å². The minimum atomic E-state index is -0.0604. The highest BCUT2D eigenvalue weighted by atomic mass is 16.5. The normalized spacial score (nSPS) is 18.3. The first-order chi connectivity index (χ1) is 16.7. The first-order valence-corrected chi connectivity index (χ1v) is 12.5. The molecule has 2 fully saturated rings. The Morgan fingerprint density at radius 2 is 1.82 bits per heavy atom. The molecule has 5 rings (SSSR count). The van der Waals surface area contributed by atoms with Crippen LogP contribution >= 0.6 is 0 Å². The van der Waals surface area contributed by atoms with Crippen LogP contribution in [-0.2, 0) is 17.8 Å². The molecule has 0 radical (unpaired) electrons. The lowest BCUT2D eigenvalue weighted by atomic mass is 10.0. The van der Waals surface area contributed by atoms with E-state index in [0.717, 1.165) is 81.8 Å². The fourth-order valence-electron chi connectivity index (χ4n) is 4.97. The number of hydrogen-bond acceptors (Lipinski definition) is 6. The highest BCUT2D eigenvalue weighted by Crippen LogP contribution is 2.28. The summed E-state index contributed by atoms with van der Waals surface area (Å²) in [4.78, 5) is 20.5. The molecule has 2 aliphatic rings. The van der Waals surface area contributed by atoms with Crippen LogP contribution in [0.5, 0.6) is 0 Å². The fourth-order valence-corrected chi connectivity index (χ4v) is 4.97. The van der Waals surface area contributed by atoms with Gasteiger partial charge in [0.1, 0.15) is 0 Å². The van der Waals surface area contributed by atoms with Crippen molar-refractivity contribution in [1.29, 1.82) is 0 Å². The number of nitrogens with zero attached hydrogens (tertiary/aromatic N) is 4. The molecule has 0 spiro atoms. The molecule has 1 aromatic carbocycles. The number of aryl methyl sites for hydroxylation is 1. The molecule has 8 heteroatoms. The molecule has 1 amide bonds. The predicted molar refractivity (Wildman–Crippen MR) is 133 cm³/mol. The lowest BCUT2D eigenvalue weighted by molar-refractivity contribution is 0.0899. The second-order valence-corrected chi connectivity index (χ2v) is 9.28. The van der Waals surface area contributed by atoms with Gasteiger partial charge >= 0.3 is 0 Å². The Hall–Kier alpha value is -2.97. The summed E-state index contributed by atoms with van der Waals surface area (Å²) in [5.74, 6) is -0.0604. The number of likely N-dealkylation sites (tertiary alicyclic amines) is 1. The number of fused-ring (bicyclic) bond motifs is 1. The van der Waals surface area contributed by atoms with Crippen molar-refractivity contribution in [2.24, 2.45) is 0 Å². The number of carbonyl (C=O) groups is 1. The van der Waals surface area contributed by atoms with Gasteiger partial charge in [-0.1, -0.05) is 30.3 Å². The summed E-state index contributed by atoms with van der Waals surface area (Å²) in [5, 5.41) is 12.3. The molecule has 4 heterocycles.